The van der Waals surface area contributed by atoms with Gasteiger partial charge in [0.2, 0.25) is 0 Å². The molecule has 0 bridgehead atoms. The lowest BCUT2D eigenvalue weighted by molar-refractivity contribution is 1.56. The molecule has 8 heavy (non-hydrogen) atoms. The molecular formula is C3H2OS4. The minimum atomic E-state index is 0.0556. The molecule has 0 aromatic carbocycles. The van der Waals surface area contributed by atoms with E-state index in [0.29, 0.717) is 8.42 Å². The monoisotopic (exact) mass is 182 g/mol. The van der Waals surface area contributed by atoms with Gasteiger partial charge in [0.25, 0.3) is 4.06 Å². The van der Waals surface area contributed by atoms with Crippen LogP contribution < -0.4 is 4.06 Å². The quantitative estimate of drug-likeness (QED) is 0.585. The molecule has 0 aliphatic heterocycles. The van der Waals surface area contributed by atoms with E-state index in [4.69, 9.17) is 0 Å². The van der Waals surface area contributed by atoms with Crippen molar-refractivity contribution >= 4 is 47.9 Å². The molecule has 1 aromatic rings. The second-order valence-corrected chi connectivity index (χ2v) is 4.79. The maximum atomic E-state index is 10.5. The molecule has 0 radical (unpaired) electrons. The molecule has 0 saturated carbocycles. The summed E-state index contributed by atoms with van der Waals surface area (Å²) in [6.07, 6.45) is 0. The molecule has 1 heterocycles. The molecule has 5 heteroatoms. The molecule has 1 nitrogen and oxygen atoms in total. The molecule has 44 valence electrons. The van der Waals surface area contributed by atoms with Gasteiger partial charge in [0.15, 0.2) is 0 Å². The average molecular weight is 182 g/mol. The summed E-state index contributed by atoms with van der Waals surface area (Å²) in [5, 5.41) is 0. The molecule has 0 N–H and O–H groups in total. The Morgan fingerprint density at radius 2 is 1.50 bits per heavy atom. The van der Waals surface area contributed by atoms with Gasteiger partial charge in [0.1, 0.15) is 0 Å². The highest BCUT2D eigenvalue weighted by Gasteiger charge is 1.97. The zero-order valence-electron chi connectivity index (χ0n) is 3.62. The van der Waals surface area contributed by atoms with Gasteiger partial charge < -0.3 is 0 Å². The topological polar surface area (TPSA) is 17.1 Å². The van der Waals surface area contributed by atoms with Gasteiger partial charge in [-0.25, -0.2) is 0 Å². The Balaban J connectivity index is 3.35. The fourth-order valence-electron chi connectivity index (χ4n) is 0.266. The normalized spacial score (nSPS) is 9.75. The maximum absolute atomic E-state index is 10.5. The summed E-state index contributed by atoms with van der Waals surface area (Å²) in [7, 11) is 0. The van der Waals surface area contributed by atoms with Crippen molar-refractivity contribution in [2.24, 2.45) is 0 Å². The second-order valence-electron chi connectivity index (χ2n) is 1.06. The van der Waals surface area contributed by atoms with Crippen LogP contribution in [-0.4, -0.2) is 0 Å². The highest BCUT2D eigenvalue weighted by Crippen LogP contribution is 2.23. The van der Waals surface area contributed by atoms with Crippen molar-refractivity contribution in [1.82, 2.24) is 0 Å². The Bertz CT molecular complexity index is 211. The largest absolute Gasteiger partial charge is 0.289 e. The SMILES string of the molecule is O=c1sc(S)c(S)s1. The molecule has 0 fully saturated rings. The number of hydrogen-bond donors (Lipinski definition) is 2. The average Bonchev–Trinajstić information content (AvgIpc) is 1.85. The fraction of sp³-hybridized carbons (Fsp3) is 0. The lowest BCUT2D eigenvalue weighted by atomic mass is 11.1. The standard InChI is InChI=1S/C3H2OS4/c4-3-7-1(5)2(6)8-3/h5-6H. The summed E-state index contributed by atoms with van der Waals surface area (Å²) in [6, 6.07) is 0. The minimum Gasteiger partial charge on any atom is -0.265 e. The van der Waals surface area contributed by atoms with Gasteiger partial charge in [0, 0.05) is 0 Å². The zero-order valence-corrected chi connectivity index (χ0v) is 7.04. The zero-order chi connectivity index (χ0) is 6.15. The van der Waals surface area contributed by atoms with Crippen LogP contribution in [0.15, 0.2) is 13.2 Å². The maximum Gasteiger partial charge on any atom is 0.289 e. The number of thiol groups is 2. The Morgan fingerprint density at radius 1 is 1.12 bits per heavy atom. The third-order valence-corrected chi connectivity index (χ3v) is 3.77. The molecular weight excluding hydrogens is 180 g/mol. The summed E-state index contributed by atoms with van der Waals surface area (Å²) in [6.45, 7) is 0. The van der Waals surface area contributed by atoms with Crippen molar-refractivity contribution in [3.63, 3.8) is 0 Å². The highest BCUT2D eigenvalue weighted by molar-refractivity contribution is 7.87. The minimum absolute atomic E-state index is 0.0556. The van der Waals surface area contributed by atoms with Crippen LogP contribution in [0.1, 0.15) is 0 Å². The van der Waals surface area contributed by atoms with Crippen LogP contribution in [0.5, 0.6) is 0 Å². The molecule has 1 aromatic heterocycles. The van der Waals surface area contributed by atoms with Gasteiger partial charge in [-0.05, 0) is 0 Å². The van der Waals surface area contributed by atoms with Gasteiger partial charge in [-0.1, -0.05) is 22.7 Å². The lowest BCUT2D eigenvalue weighted by Crippen LogP contribution is -1.73. The highest BCUT2D eigenvalue weighted by atomic mass is 32.2. The van der Waals surface area contributed by atoms with Crippen molar-refractivity contribution in [1.29, 1.82) is 0 Å². The molecule has 0 aliphatic rings. The Labute approximate surface area is 65.2 Å². The summed E-state index contributed by atoms with van der Waals surface area (Å²) < 4.78 is 1.48. The van der Waals surface area contributed by atoms with Crippen LogP contribution in [0.2, 0.25) is 0 Å². The smallest absolute Gasteiger partial charge is 0.265 e. The lowest BCUT2D eigenvalue weighted by Gasteiger charge is -1.75. The Hall–Kier alpha value is 0.550. The summed E-state index contributed by atoms with van der Waals surface area (Å²) in [4.78, 5) is 10.5. The van der Waals surface area contributed by atoms with Crippen molar-refractivity contribution < 1.29 is 0 Å². The Kier molecular flexibility index (Phi) is 2.02. The van der Waals surface area contributed by atoms with E-state index < -0.39 is 0 Å². The van der Waals surface area contributed by atoms with E-state index in [1.807, 2.05) is 0 Å². The summed E-state index contributed by atoms with van der Waals surface area (Å²) in [5.74, 6) is 0. The predicted octanol–water partition coefficient (Wildman–Crippen LogP) is 1.75. The van der Waals surface area contributed by atoms with Crippen molar-refractivity contribution in [3.8, 4) is 0 Å². The first-order valence-corrected chi connectivity index (χ1v) is 4.25. The summed E-state index contributed by atoms with van der Waals surface area (Å²) in [5.41, 5.74) is 0. The van der Waals surface area contributed by atoms with E-state index in [0.717, 1.165) is 22.7 Å². The van der Waals surface area contributed by atoms with Crippen molar-refractivity contribution in [2.75, 3.05) is 0 Å². The number of rotatable bonds is 0. The molecule has 0 amide bonds. The first-order chi connectivity index (χ1) is 3.70. The molecule has 0 aliphatic carbocycles. The summed E-state index contributed by atoms with van der Waals surface area (Å²) >= 11 is 10.2. The second kappa shape index (κ2) is 2.43. The first-order valence-electron chi connectivity index (χ1n) is 1.72. The van der Waals surface area contributed by atoms with E-state index in [1.54, 1.807) is 0 Å². The molecule has 0 atom stereocenters. The van der Waals surface area contributed by atoms with E-state index in [1.165, 1.54) is 0 Å². The van der Waals surface area contributed by atoms with Gasteiger partial charge in [-0.15, -0.1) is 25.3 Å². The predicted molar refractivity (Wildman–Crippen MR) is 43.0 cm³/mol. The van der Waals surface area contributed by atoms with Gasteiger partial charge in [-0.3, -0.25) is 4.79 Å². The first kappa shape index (κ1) is 6.67. The fourth-order valence-corrected chi connectivity index (χ4v) is 2.81. The molecule has 0 saturated heterocycles. The third kappa shape index (κ3) is 1.28. The van der Waals surface area contributed by atoms with Crippen LogP contribution in [-0.2, 0) is 0 Å². The van der Waals surface area contributed by atoms with E-state index in [2.05, 4.69) is 25.3 Å². The van der Waals surface area contributed by atoms with Crippen LogP contribution in [0.4, 0.5) is 0 Å². The van der Waals surface area contributed by atoms with Crippen LogP contribution in [0, 0.1) is 0 Å². The van der Waals surface area contributed by atoms with Crippen LogP contribution >= 0.6 is 47.9 Å². The van der Waals surface area contributed by atoms with Crippen LogP contribution in [0.3, 0.4) is 0 Å². The van der Waals surface area contributed by atoms with E-state index >= 15 is 0 Å². The number of hydrogen-bond acceptors (Lipinski definition) is 5. The van der Waals surface area contributed by atoms with Crippen molar-refractivity contribution in [3.05, 3.63) is 8.85 Å². The van der Waals surface area contributed by atoms with Crippen LogP contribution in [0.25, 0.3) is 0 Å². The van der Waals surface area contributed by atoms with Gasteiger partial charge in [-0.2, -0.15) is 0 Å². The van der Waals surface area contributed by atoms with Gasteiger partial charge >= 0.3 is 0 Å². The molecule has 0 unspecified atom stereocenters. The Morgan fingerprint density at radius 3 is 1.62 bits per heavy atom. The third-order valence-electron chi connectivity index (χ3n) is 0.543. The molecule has 1 rings (SSSR count). The van der Waals surface area contributed by atoms with Crippen molar-refractivity contribution in [2.45, 2.75) is 8.42 Å². The molecule has 0 spiro atoms. The van der Waals surface area contributed by atoms with E-state index in [-0.39, 0.29) is 4.06 Å². The van der Waals surface area contributed by atoms with E-state index in [9.17, 15) is 4.79 Å². The van der Waals surface area contributed by atoms with Gasteiger partial charge in [0.05, 0.1) is 8.42 Å².